The zero-order valence-corrected chi connectivity index (χ0v) is 18.7. The van der Waals surface area contributed by atoms with Crippen molar-refractivity contribution in [3.63, 3.8) is 0 Å². The third kappa shape index (κ3) is 3.98. The van der Waals surface area contributed by atoms with Crippen molar-refractivity contribution in [2.45, 2.75) is 18.8 Å². The Morgan fingerprint density at radius 3 is 2.53 bits per heavy atom. The van der Waals surface area contributed by atoms with E-state index in [1.807, 2.05) is 41.3 Å². The number of aromatic nitrogens is 2. The van der Waals surface area contributed by atoms with Crippen molar-refractivity contribution in [3.05, 3.63) is 54.4 Å². The molecule has 1 aromatic heterocycles. The second-order valence-corrected chi connectivity index (χ2v) is 8.88. The summed E-state index contributed by atoms with van der Waals surface area (Å²) in [5.41, 5.74) is 2.68. The maximum atomic E-state index is 13.0. The van der Waals surface area contributed by atoms with E-state index >= 15 is 0 Å². The number of amides is 2. The molecule has 34 heavy (non-hydrogen) atoms. The first-order chi connectivity index (χ1) is 16.7. The number of nitrogens with zero attached hydrogens (tertiary/aromatic N) is 5. The molecule has 0 unspecified atom stereocenters. The summed E-state index contributed by atoms with van der Waals surface area (Å²) in [6, 6.07) is 15.5. The standard InChI is InChI=1S/C25H25N5O4/c31-22(15-30-20-3-1-2-4-21(20)33-16-23(30)32)29-13-11-28(12-14-29)19-9-7-17(8-10-19)24-26-25(34-27-24)18-5-6-18/h1-4,7-10,18H,5-6,11-16H2. The molecule has 0 spiro atoms. The van der Waals surface area contributed by atoms with Gasteiger partial charge < -0.3 is 19.1 Å². The molecule has 9 nitrogen and oxygen atoms in total. The molecule has 3 aliphatic rings. The van der Waals surface area contributed by atoms with Crippen LogP contribution in [0.4, 0.5) is 11.4 Å². The lowest BCUT2D eigenvalue weighted by Crippen LogP contribution is -2.53. The van der Waals surface area contributed by atoms with Crippen LogP contribution in [0.3, 0.4) is 0 Å². The van der Waals surface area contributed by atoms with Gasteiger partial charge in [-0.3, -0.25) is 14.5 Å². The van der Waals surface area contributed by atoms with E-state index in [0.717, 1.165) is 43.1 Å². The number of para-hydroxylation sites is 2. The summed E-state index contributed by atoms with van der Waals surface area (Å²) in [7, 11) is 0. The molecule has 6 rings (SSSR count). The number of ether oxygens (including phenoxy) is 1. The van der Waals surface area contributed by atoms with E-state index in [0.29, 0.717) is 36.3 Å². The maximum absolute atomic E-state index is 13.0. The van der Waals surface area contributed by atoms with Crippen LogP contribution in [0.15, 0.2) is 53.1 Å². The Balaban J connectivity index is 1.06. The van der Waals surface area contributed by atoms with Crippen LogP contribution in [-0.4, -0.2) is 66.2 Å². The Bertz CT molecular complexity index is 1210. The van der Waals surface area contributed by atoms with E-state index < -0.39 is 0 Å². The van der Waals surface area contributed by atoms with Gasteiger partial charge in [0.25, 0.3) is 5.91 Å². The van der Waals surface area contributed by atoms with Gasteiger partial charge in [0.05, 0.1) is 5.69 Å². The fraction of sp³-hybridized carbons (Fsp3) is 0.360. The highest BCUT2D eigenvalue weighted by Crippen LogP contribution is 2.39. The van der Waals surface area contributed by atoms with Gasteiger partial charge in [0.1, 0.15) is 12.3 Å². The quantitative estimate of drug-likeness (QED) is 0.579. The zero-order valence-electron chi connectivity index (χ0n) is 18.7. The SMILES string of the molecule is O=C(CN1C(=O)COc2ccccc21)N1CCN(c2ccc(-c3noc(C4CC4)n3)cc2)CC1. The van der Waals surface area contributed by atoms with Gasteiger partial charge in [0.15, 0.2) is 6.61 Å². The molecular weight excluding hydrogens is 434 g/mol. The minimum atomic E-state index is -0.198. The lowest BCUT2D eigenvalue weighted by Gasteiger charge is -2.37. The minimum Gasteiger partial charge on any atom is -0.482 e. The largest absolute Gasteiger partial charge is 0.482 e. The lowest BCUT2D eigenvalue weighted by atomic mass is 10.1. The molecule has 0 atom stereocenters. The van der Waals surface area contributed by atoms with Crippen LogP contribution in [0, 0.1) is 0 Å². The fourth-order valence-electron chi connectivity index (χ4n) is 4.45. The van der Waals surface area contributed by atoms with Crippen LogP contribution < -0.4 is 14.5 Å². The van der Waals surface area contributed by atoms with Gasteiger partial charge in [-0.15, -0.1) is 0 Å². The van der Waals surface area contributed by atoms with Crippen molar-refractivity contribution >= 4 is 23.2 Å². The summed E-state index contributed by atoms with van der Waals surface area (Å²) in [6.07, 6.45) is 2.26. The van der Waals surface area contributed by atoms with Crippen LogP contribution in [0.2, 0.25) is 0 Å². The highest BCUT2D eigenvalue weighted by Gasteiger charge is 2.31. The first-order valence-electron chi connectivity index (χ1n) is 11.6. The number of hydrogen-bond acceptors (Lipinski definition) is 7. The maximum Gasteiger partial charge on any atom is 0.265 e. The number of anilines is 2. The summed E-state index contributed by atoms with van der Waals surface area (Å²) in [5, 5.41) is 4.11. The molecule has 0 radical (unpaired) electrons. The topological polar surface area (TPSA) is 92.0 Å². The number of hydrogen-bond donors (Lipinski definition) is 0. The Kier molecular flexibility index (Phi) is 5.16. The van der Waals surface area contributed by atoms with Crippen LogP contribution >= 0.6 is 0 Å². The Morgan fingerprint density at radius 1 is 1.00 bits per heavy atom. The molecule has 3 heterocycles. The molecule has 1 aliphatic carbocycles. The monoisotopic (exact) mass is 459 g/mol. The number of piperazine rings is 1. The van der Waals surface area contributed by atoms with Crippen molar-refractivity contribution in [3.8, 4) is 17.1 Å². The molecule has 3 aromatic rings. The summed E-state index contributed by atoms with van der Waals surface area (Å²) >= 11 is 0. The van der Waals surface area contributed by atoms with E-state index in [1.165, 1.54) is 4.90 Å². The number of rotatable bonds is 5. The van der Waals surface area contributed by atoms with Gasteiger partial charge in [-0.25, -0.2) is 0 Å². The van der Waals surface area contributed by atoms with Crippen LogP contribution in [0.25, 0.3) is 11.4 Å². The van der Waals surface area contributed by atoms with Gasteiger partial charge >= 0.3 is 0 Å². The Hall–Kier alpha value is -3.88. The molecule has 9 heteroatoms. The number of fused-ring (bicyclic) bond motifs is 1. The van der Waals surface area contributed by atoms with Gasteiger partial charge in [-0.1, -0.05) is 17.3 Å². The third-order valence-electron chi connectivity index (χ3n) is 6.59. The molecule has 2 amide bonds. The lowest BCUT2D eigenvalue weighted by molar-refractivity contribution is -0.132. The van der Waals surface area contributed by atoms with Crippen molar-refractivity contribution in [1.29, 1.82) is 0 Å². The van der Waals surface area contributed by atoms with Crippen LogP contribution in [0.5, 0.6) is 5.75 Å². The Labute approximate surface area is 196 Å². The molecule has 0 N–H and O–H groups in total. The normalized spacial score (nSPS) is 18.0. The number of carbonyl (C=O) groups excluding carboxylic acids is 2. The molecule has 1 saturated heterocycles. The number of benzene rings is 2. The van der Waals surface area contributed by atoms with Crippen molar-refractivity contribution in [2.24, 2.45) is 0 Å². The first-order valence-corrected chi connectivity index (χ1v) is 11.6. The minimum absolute atomic E-state index is 0.0292. The Morgan fingerprint density at radius 2 is 1.76 bits per heavy atom. The molecule has 2 aliphatic heterocycles. The van der Waals surface area contributed by atoms with Gasteiger partial charge in [0, 0.05) is 43.3 Å². The van der Waals surface area contributed by atoms with Crippen molar-refractivity contribution in [1.82, 2.24) is 15.0 Å². The average molecular weight is 460 g/mol. The van der Waals surface area contributed by atoms with Crippen LogP contribution in [0.1, 0.15) is 24.7 Å². The molecular formula is C25H25N5O4. The summed E-state index contributed by atoms with van der Waals surface area (Å²) < 4.78 is 10.8. The van der Waals surface area contributed by atoms with E-state index in [1.54, 1.807) is 0 Å². The van der Waals surface area contributed by atoms with Gasteiger partial charge in [-0.2, -0.15) is 4.98 Å². The average Bonchev–Trinajstić information content (AvgIpc) is 3.62. The summed E-state index contributed by atoms with van der Waals surface area (Å²) in [5.74, 6) is 2.19. The second kappa shape index (κ2) is 8.48. The molecule has 2 aromatic carbocycles. The van der Waals surface area contributed by atoms with E-state index in [4.69, 9.17) is 9.26 Å². The predicted molar refractivity (Wildman–Crippen MR) is 125 cm³/mol. The smallest absolute Gasteiger partial charge is 0.265 e. The fourth-order valence-corrected chi connectivity index (χ4v) is 4.45. The summed E-state index contributed by atoms with van der Waals surface area (Å²) in [4.78, 5) is 35.5. The van der Waals surface area contributed by atoms with Crippen molar-refractivity contribution in [2.75, 3.05) is 49.1 Å². The number of carbonyl (C=O) groups is 2. The molecule has 1 saturated carbocycles. The third-order valence-corrected chi connectivity index (χ3v) is 6.59. The molecule has 0 bridgehead atoms. The van der Waals surface area contributed by atoms with Gasteiger partial charge in [-0.05, 0) is 49.2 Å². The summed E-state index contributed by atoms with van der Waals surface area (Å²) in [6.45, 7) is 2.66. The van der Waals surface area contributed by atoms with E-state index in [-0.39, 0.29) is 25.0 Å². The van der Waals surface area contributed by atoms with E-state index in [2.05, 4.69) is 27.2 Å². The van der Waals surface area contributed by atoms with Crippen LogP contribution in [-0.2, 0) is 9.59 Å². The van der Waals surface area contributed by atoms with Gasteiger partial charge in [0.2, 0.25) is 17.6 Å². The first kappa shape index (κ1) is 20.7. The van der Waals surface area contributed by atoms with Crippen molar-refractivity contribution < 1.29 is 18.8 Å². The second-order valence-electron chi connectivity index (χ2n) is 8.88. The van der Waals surface area contributed by atoms with E-state index in [9.17, 15) is 9.59 Å². The highest BCUT2D eigenvalue weighted by molar-refractivity contribution is 6.02. The zero-order chi connectivity index (χ0) is 23.1. The molecule has 174 valence electrons. The molecule has 2 fully saturated rings. The predicted octanol–water partition coefficient (Wildman–Crippen LogP) is 2.69. The highest BCUT2D eigenvalue weighted by atomic mass is 16.5.